The fourth-order valence-corrected chi connectivity index (χ4v) is 2.72. The molecule has 0 aliphatic heterocycles. The van der Waals surface area contributed by atoms with Crippen molar-refractivity contribution in [2.24, 2.45) is 5.92 Å². The summed E-state index contributed by atoms with van der Waals surface area (Å²) in [6, 6.07) is 4.81. The lowest BCUT2D eigenvalue weighted by atomic mass is 10.1. The molecule has 23 heavy (non-hydrogen) atoms. The molecule has 1 fully saturated rings. The number of carbonyl (C=O) groups excluding carboxylic acids is 1. The number of rotatable bonds is 6. The maximum Gasteiger partial charge on any atom is 0.407 e. The van der Waals surface area contributed by atoms with Gasteiger partial charge >= 0.3 is 6.09 Å². The average molecular weight is 387 g/mol. The number of hydrogen-bond acceptors (Lipinski definition) is 3. The summed E-state index contributed by atoms with van der Waals surface area (Å²) in [6.07, 6.45) is 1.90. The first-order valence-corrected chi connectivity index (χ1v) is 8.68. The van der Waals surface area contributed by atoms with E-state index in [2.05, 4.69) is 26.6 Å². The van der Waals surface area contributed by atoms with Gasteiger partial charge in [-0.25, -0.2) is 9.18 Å². The van der Waals surface area contributed by atoms with Crippen LogP contribution in [0.5, 0.6) is 0 Å². The van der Waals surface area contributed by atoms with Crippen molar-refractivity contribution in [1.82, 2.24) is 10.6 Å². The molecule has 0 saturated heterocycles. The fraction of sp³-hybridized carbons (Fsp3) is 0.588. The fourth-order valence-electron chi connectivity index (χ4n) is 2.33. The first kappa shape index (κ1) is 18.2. The van der Waals surface area contributed by atoms with Gasteiger partial charge in [0.05, 0.1) is 0 Å². The predicted octanol–water partition coefficient (Wildman–Crippen LogP) is 3.98. The standard InChI is InChI=1S/C17H24BrFN2O2/c1-17(2,3)23-16(22)21-10-15(11-4-5-11)20-9-12-8-13(19)6-7-14(12)18/h6-8,11,15,20H,4-5,9-10H2,1-3H3,(H,21,22). The molecular weight excluding hydrogens is 363 g/mol. The second kappa shape index (κ2) is 7.62. The number of carbonyl (C=O) groups is 1. The predicted molar refractivity (Wildman–Crippen MR) is 91.7 cm³/mol. The molecule has 6 heteroatoms. The molecule has 0 bridgehead atoms. The summed E-state index contributed by atoms with van der Waals surface area (Å²) < 4.78 is 19.5. The van der Waals surface area contributed by atoms with Crippen molar-refractivity contribution < 1.29 is 13.9 Å². The van der Waals surface area contributed by atoms with Crippen molar-refractivity contribution in [2.75, 3.05) is 6.54 Å². The van der Waals surface area contributed by atoms with Gasteiger partial charge in [-0.2, -0.15) is 0 Å². The first-order valence-electron chi connectivity index (χ1n) is 7.89. The number of nitrogens with one attached hydrogen (secondary N) is 2. The maximum absolute atomic E-state index is 13.3. The Kier molecular flexibility index (Phi) is 6.03. The Hall–Kier alpha value is -1.14. The number of halogens is 2. The molecule has 1 atom stereocenters. The van der Waals surface area contributed by atoms with Gasteiger partial charge in [0, 0.05) is 23.6 Å². The molecule has 0 radical (unpaired) electrons. The summed E-state index contributed by atoms with van der Waals surface area (Å²) in [7, 11) is 0. The van der Waals surface area contributed by atoms with E-state index in [0.717, 1.165) is 22.9 Å². The van der Waals surface area contributed by atoms with Crippen LogP contribution in [0.15, 0.2) is 22.7 Å². The van der Waals surface area contributed by atoms with Crippen LogP contribution in [-0.2, 0) is 11.3 Å². The monoisotopic (exact) mass is 386 g/mol. The van der Waals surface area contributed by atoms with Gasteiger partial charge in [-0.15, -0.1) is 0 Å². The van der Waals surface area contributed by atoms with Gasteiger partial charge in [0.25, 0.3) is 0 Å². The summed E-state index contributed by atoms with van der Waals surface area (Å²) in [5.41, 5.74) is 0.367. The van der Waals surface area contributed by atoms with Crippen LogP contribution < -0.4 is 10.6 Å². The lowest BCUT2D eigenvalue weighted by Gasteiger charge is -2.23. The third-order valence-corrected chi connectivity index (χ3v) is 4.39. The summed E-state index contributed by atoms with van der Waals surface area (Å²) in [6.45, 7) is 6.57. The summed E-state index contributed by atoms with van der Waals surface area (Å²) in [5.74, 6) is 0.303. The second-order valence-corrected chi connectivity index (χ2v) is 7.80. The molecule has 0 aromatic heterocycles. The van der Waals surface area contributed by atoms with Crippen molar-refractivity contribution in [3.63, 3.8) is 0 Å². The van der Waals surface area contributed by atoms with Crippen LogP contribution in [0.3, 0.4) is 0 Å². The highest BCUT2D eigenvalue weighted by Gasteiger charge is 2.31. The van der Waals surface area contributed by atoms with E-state index < -0.39 is 11.7 Å². The molecule has 1 unspecified atom stereocenters. The SMILES string of the molecule is CC(C)(C)OC(=O)NCC(NCc1cc(F)ccc1Br)C1CC1. The highest BCUT2D eigenvalue weighted by Crippen LogP contribution is 2.32. The highest BCUT2D eigenvalue weighted by atomic mass is 79.9. The topological polar surface area (TPSA) is 50.4 Å². The van der Waals surface area contributed by atoms with Gasteiger partial charge in [-0.05, 0) is 63.3 Å². The van der Waals surface area contributed by atoms with Gasteiger partial charge < -0.3 is 15.4 Å². The Balaban J connectivity index is 1.85. The van der Waals surface area contributed by atoms with Gasteiger partial charge in [-0.1, -0.05) is 15.9 Å². The Morgan fingerprint density at radius 3 is 2.74 bits per heavy atom. The quantitative estimate of drug-likeness (QED) is 0.777. The minimum Gasteiger partial charge on any atom is -0.444 e. The largest absolute Gasteiger partial charge is 0.444 e. The molecule has 1 aliphatic carbocycles. The maximum atomic E-state index is 13.3. The number of hydrogen-bond donors (Lipinski definition) is 2. The summed E-state index contributed by atoms with van der Waals surface area (Å²) in [4.78, 5) is 11.8. The van der Waals surface area contributed by atoms with Crippen molar-refractivity contribution in [2.45, 2.75) is 51.8 Å². The molecule has 1 aromatic rings. The molecule has 1 amide bonds. The molecule has 0 heterocycles. The zero-order valence-corrected chi connectivity index (χ0v) is 15.4. The average Bonchev–Trinajstić information content (AvgIpc) is 3.25. The van der Waals surface area contributed by atoms with Crippen molar-refractivity contribution >= 4 is 22.0 Å². The summed E-state index contributed by atoms with van der Waals surface area (Å²) in [5, 5.41) is 6.23. The van der Waals surface area contributed by atoms with Gasteiger partial charge in [0.2, 0.25) is 0 Å². The van der Waals surface area contributed by atoms with E-state index in [9.17, 15) is 9.18 Å². The zero-order valence-electron chi connectivity index (χ0n) is 13.8. The number of benzene rings is 1. The molecule has 1 saturated carbocycles. The minimum atomic E-state index is -0.501. The van der Waals surface area contributed by atoms with E-state index in [1.807, 2.05) is 20.8 Å². The van der Waals surface area contributed by atoms with E-state index in [-0.39, 0.29) is 11.9 Å². The second-order valence-electron chi connectivity index (χ2n) is 6.94. The smallest absolute Gasteiger partial charge is 0.407 e. The number of amides is 1. The molecule has 1 aromatic carbocycles. The number of alkyl carbamates (subject to hydrolysis) is 1. The minimum absolute atomic E-state index is 0.165. The lowest BCUT2D eigenvalue weighted by molar-refractivity contribution is 0.0521. The molecule has 4 nitrogen and oxygen atoms in total. The third kappa shape index (κ3) is 6.47. The molecular formula is C17H24BrFN2O2. The van der Waals surface area contributed by atoms with Gasteiger partial charge in [0.15, 0.2) is 0 Å². The van der Waals surface area contributed by atoms with Crippen molar-refractivity contribution in [3.8, 4) is 0 Å². The molecule has 2 N–H and O–H groups in total. The van der Waals surface area contributed by atoms with E-state index in [0.29, 0.717) is 19.0 Å². The third-order valence-electron chi connectivity index (χ3n) is 3.62. The molecule has 0 spiro atoms. The Labute approximate surface area is 145 Å². The van der Waals surface area contributed by atoms with Crippen molar-refractivity contribution in [3.05, 3.63) is 34.1 Å². The van der Waals surface area contributed by atoms with Crippen LogP contribution >= 0.6 is 15.9 Å². The zero-order chi connectivity index (χ0) is 17.0. The van der Waals surface area contributed by atoms with Crippen LogP contribution in [0.1, 0.15) is 39.2 Å². The van der Waals surface area contributed by atoms with Crippen LogP contribution in [0.2, 0.25) is 0 Å². The Morgan fingerprint density at radius 2 is 2.13 bits per heavy atom. The summed E-state index contributed by atoms with van der Waals surface area (Å²) >= 11 is 3.43. The van der Waals surface area contributed by atoms with Crippen LogP contribution in [0, 0.1) is 11.7 Å². The van der Waals surface area contributed by atoms with Crippen LogP contribution in [0.4, 0.5) is 9.18 Å². The number of ether oxygens (including phenoxy) is 1. The van der Waals surface area contributed by atoms with Gasteiger partial charge in [0.1, 0.15) is 11.4 Å². The Bertz CT molecular complexity index is 556. The normalized spacial score (nSPS) is 16.0. The van der Waals surface area contributed by atoms with Crippen molar-refractivity contribution in [1.29, 1.82) is 0 Å². The van der Waals surface area contributed by atoms with Gasteiger partial charge in [-0.3, -0.25) is 0 Å². The lowest BCUT2D eigenvalue weighted by Crippen LogP contribution is -2.43. The molecule has 1 aliphatic rings. The van der Waals surface area contributed by atoms with E-state index in [4.69, 9.17) is 4.74 Å². The molecule has 2 rings (SSSR count). The molecule has 128 valence electrons. The Morgan fingerprint density at radius 1 is 1.43 bits per heavy atom. The first-order chi connectivity index (χ1) is 10.7. The van der Waals surface area contributed by atoms with Crippen LogP contribution in [-0.4, -0.2) is 24.3 Å². The van der Waals surface area contributed by atoms with E-state index in [1.165, 1.54) is 12.1 Å². The van der Waals surface area contributed by atoms with E-state index >= 15 is 0 Å². The van der Waals surface area contributed by atoms with E-state index in [1.54, 1.807) is 6.07 Å². The van der Waals surface area contributed by atoms with Crippen LogP contribution in [0.25, 0.3) is 0 Å². The highest BCUT2D eigenvalue weighted by molar-refractivity contribution is 9.10.